The van der Waals surface area contributed by atoms with E-state index in [0.717, 1.165) is 12.6 Å². The lowest BCUT2D eigenvalue weighted by atomic mass is 10.1. The minimum atomic E-state index is 0.676. The van der Waals surface area contributed by atoms with Crippen molar-refractivity contribution in [3.8, 4) is 0 Å². The van der Waals surface area contributed by atoms with E-state index in [1.54, 1.807) is 0 Å². The molecule has 1 saturated heterocycles. The van der Waals surface area contributed by atoms with Crippen LogP contribution in [-0.2, 0) is 13.6 Å². The fourth-order valence-corrected chi connectivity index (χ4v) is 3.55. The molecule has 106 valence electrons. The molecule has 1 aromatic carbocycles. The highest BCUT2D eigenvalue weighted by Gasteiger charge is 2.34. The number of nitrogens with one attached hydrogen (secondary N) is 1. The summed E-state index contributed by atoms with van der Waals surface area (Å²) in [5.41, 5.74) is 2.75. The minimum Gasteiger partial charge on any atom is -0.350 e. The number of benzene rings is 1. The number of aryl methyl sites for hydroxylation is 1. The Morgan fingerprint density at radius 2 is 2.05 bits per heavy atom. The lowest BCUT2D eigenvalue weighted by Crippen LogP contribution is -2.32. The molecule has 1 aromatic heterocycles. The summed E-state index contributed by atoms with van der Waals surface area (Å²) >= 11 is 0. The van der Waals surface area contributed by atoms with Gasteiger partial charge in [-0.25, -0.2) is 0 Å². The van der Waals surface area contributed by atoms with Crippen LogP contribution in [0.15, 0.2) is 30.5 Å². The van der Waals surface area contributed by atoms with Gasteiger partial charge >= 0.3 is 0 Å². The molecule has 1 aliphatic carbocycles. The highest BCUT2D eigenvalue weighted by Crippen LogP contribution is 2.30. The van der Waals surface area contributed by atoms with Crippen molar-refractivity contribution in [2.75, 3.05) is 13.1 Å². The van der Waals surface area contributed by atoms with Gasteiger partial charge in [0.15, 0.2) is 0 Å². The topological polar surface area (TPSA) is 20.2 Å². The second-order valence-corrected chi connectivity index (χ2v) is 6.38. The molecular formula is C17H23N3. The van der Waals surface area contributed by atoms with E-state index in [9.17, 15) is 0 Å². The Labute approximate surface area is 120 Å². The van der Waals surface area contributed by atoms with Crippen molar-refractivity contribution in [2.45, 2.75) is 37.9 Å². The van der Waals surface area contributed by atoms with Gasteiger partial charge in [-0.05, 0) is 30.9 Å². The van der Waals surface area contributed by atoms with Crippen LogP contribution in [0.5, 0.6) is 0 Å². The molecule has 0 bridgehead atoms. The van der Waals surface area contributed by atoms with Crippen LogP contribution in [0.4, 0.5) is 0 Å². The van der Waals surface area contributed by atoms with Crippen molar-refractivity contribution < 1.29 is 0 Å². The predicted molar refractivity (Wildman–Crippen MR) is 82.8 cm³/mol. The average Bonchev–Trinajstić information content (AvgIpc) is 3.13. The second kappa shape index (κ2) is 4.90. The molecule has 2 aliphatic rings. The maximum absolute atomic E-state index is 3.76. The van der Waals surface area contributed by atoms with E-state index in [2.05, 4.69) is 52.3 Å². The van der Waals surface area contributed by atoms with E-state index < -0.39 is 0 Å². The molecule has 0 spiro atoms. The number of likely N-dealkylation sites (tertiary alicyclic amines) is 1. The fourth-order valence-electron chi connectivity index (χ4n) is 3.55. The van der Waals surface area contributed by atoms with E-state index in [1.807, 2.05) is 0 Å². The van der Waals surface area contributed by atoms with Crippen LogP contribution in [0.3, 0.4) is 0 Å². The molecule has 0 radical (unpaired) electrons. The number of hydrogen-bond donors (Lipinski definition) is 1. The third-order valence-corrected chi connectivity index (χ3v) is 4.84. The van der Waals surface area contributed by atoms with Crippen molar-refractivity contribution in [1.82, 2.24) is 14.8 Å². The average molecular weight is 269 g/mol. The Kier molecular flexibility index (Phi) is 3.04. The maximum Gasteiger partial charge on any atom is 0.0481 e. The highest BCUT2D eigenvalue weighted by atomic mass is 15.2. The Morgan fingerprint density at radius 3 is 2.90 bits per heavy atom. The molecule has 4 rings (SSSR count). The van der Waals surface area contributed by atoms with E-state index in [0.29, 0.717) is 6.04 Å². The molecule has 0 amide bonds. The van der Waals surface area contributed by atoms with Gasteiger partial charge in [0.2, 0.25) is 0 Å². The number of para-hydroxylation sites is 1. The molecule has 20 heavy (non-hydrogen) atoms. The molecule has 1 N–H and O–H groups in total. The minimum absolute atomic E-state index is 0.676. The molecule has 1 saturated carbocycles. The lowest BCUT2D eigenvalue weighted by molar-refractivity contribution is 0.317. The third-order valence-electron chi connectivity index (χ3n) is 4.84. The van der Waals surface area contributed by atoms with Crippen LogP contribution in [0, 0.1) is 0 Å². The smallest absolute Gasteiger partial charge is 0.0481 e. The quantitative estimate of drug-likeness (QED) is 0.920. The van der Waals surface area contributed by atoms with Gasteiger partial charge in [-0.2, -0.15) is 0 Å². The first-order valence-corrected chi connectivity index (χ1v) is 7.81. The zero-order chi connectivity index (χ0) is 13.5. The summed E-state index contributed by atoms with van der Waals surface area (Å²) in [6, 6.07) is 10.3. The van der Waals surface area contributed by atoms with Crippen LogP contribution in [-0.4, -0.2) is 34.6 Å². The first-order chi connectivity index (χ1) is 9.81. The summed E-state index contributed by atoms with van der Waals surface area (Å²) < 4.78 is 2.23. The molecule has 2 heterocycles. The summed E-state index contributed by atoms with van der Waals surface area (Å²) in [6.45, 7) is 3.53. The summed E-state index contributed by atoms with van der Waals surface area (Å²) in [6.07, 6.45) is 6.43. The van der Waals surface area contributed by atoms with Crippen LogP contribution in [0.2, 0.25) is 0 Å². The Balaban J connectivity index is 1.43. The molecule has 3 heteroatoms. The van der Waals surface area contributed by atoms with E-state index in [-0.39, 0.29) is 0 Å². The maximum atomic E-state index is 3.76. The molecule has 1 aliphatic heterocycles. The predicted octanol–water partition coefficient (Wildman–Crippen LogP) is 2.50. The third kappa shape index (κ3) is 2.25. The zero-order valence-corrected chi connectivity index (χ0v) is 12.2. The molecule has 2 fully saturated rings. The first-order valence-electron chi connectivity index (χ1n) is 7.81. The van der Waals surface area contributed by atoms with Crippen molar-refractivity contribution in [3.05, 3.63) is 36.0 Å². The van der Waals surface area contributed by atoms with Crippen molar-refractivity contribution in [1.29, 1.82) is 0 Å². The Morgan fingerprint density at radius 1 is 1.20 bits per heavy atom. The normalized spacial score (nSPS) is 23.8. The summed E-state index contributed by atoms with van der Waals surface area (Å²) in [7, 11) is 2.14. The largest absolute Gasteiger partial charge is 0.350 e. The molecule has 1 unspecified atom stereocenters. The Bertz CT molecular complexity index is 612. The number of fused-ring (bicyclic) bond motifs is 1. The molecule has 3 nitrogen and oxygen atoms in total. The molecular weight excluding hydrogens is 246 g/mol. The summed E-state index contributed by atoms with van der Waals surface area (Å²) in [4.78, 5) is 2.67. The van der Waals surface area contributed by atoms with E-state index in [1.165, 1.54) is 48.8 Å². The van der Waals surface area contributed by atoms with Gasteiger partial charge < -0.3 is 9.88 Å². The Hall–Kier alpha value is -1.32. The van der Waals surface area contributed by atoms with Crippen molar-refractivity contribution in [2.24, 2.45) is 7.05 Å². The van der Waals surface area contributed by atoms with Gasteiger partial charge in [-0.1, -0.05) is 18.2 Å². The second-order valence-electron chi connectivity index (χ2n) is 6.38. The zero-order valence-electron chi connectivity index (χ0n) is 12.2. The first kappa shape index (κ1) is 12.4. The molecule has 1 atom stereocenters. The standard InChI is InChI=1S/C17H23N3/c1-19-11-13(16-4-2-3-5-17(16)19)10-18-14-8-9-20(12-14)15-6-7-15/h2-5,11,14-15,18H,6-10,12H2,1H3. The number of nitrogens with zero attached hydrogens (tertiary/aromatic N) is 2. The number of rotatable bonds is 4. The van der Waals surface area contributed by atoms with Gasteiger partial charge in [0.1, 0.15) is 0 Å². The van der Waals surface area contributed by atoms with Gasteiger partial charge in [0.25, 0.3) is 0 Å². The summed E-state index contributed by atoms with van der Waals surface area (Å²) in [5.74, 6) is 0. The van der Waals surface area contributed by atoms with Gasteiger partial charge in [0, 0.05) is 55.9 Å². The molecule has 2 aromatic rings. The number of aromatic nitrogens is 1. The monoisotopic (exact) mass is 269 g/mol. The van der Waals surface area contributed by atoms with Gasteiger partial charge in [-0.3, -0.25) is 4.90 Å². The number of hydrogen-bond acceptors (Lipinski definition) is 2. The van der Waals surface area contributed by atoms with E-state index >= 15 is 0 Å². The van der Waals surface area contributed by atoms with E-state index in [4.69, 9.17) is 0 Å². The highest BCUT2D eigenvalue weighted by molar-refractivity contribution is 5.83. The SMILES string of the molecule is Cn1cc(CNC2CCN(C3CC3)C2)c2ccccc21. The van der Waals surface area contributed by atoms with Gasteiger partial charge in [0.05, 0.1) is 0 Å². The van der Waals surface area contributed by atoms with Crippen LogP contribution in [0.1, 0.15) is 24.8 Å². The van der Waals surface area contributed by atoms with Crippen LogP contribution >= 0.6 is 0 Å². The van der Waals surface area contributed by atoms with Crippen LogP contribution in [0.25, 0.3) is 10.9 Å². The van der Waals surface area contributed by atoms with Gasteiger partial charge in [-0.15, -0.1) is 0 Å². The summed E-state index contributed by atoms with van der Waals surface area (Å²) in [5, 5.41) is 5.15. The van der Waals surface area contributed by atoms with Crippen molar-refractivity contribution >= 4 is 10.9 Å². The lowest BCUT2D eigenvalue weighted by Gasteiger charge is -2.15. The van der Waals surface area contributed by atoms with Crippen molar-refractivity contribution in [3.63, 3.8) is 0 Å². The fraction of sp³-hybridized carbons (Fsp3) is 0.529. The van der Waals surface area contributed by atoms with Crippen LogP contribution < -0.4 is 5.32 Å².